The molecule has 0 radical (unpaired) electrons. The summed E-state index contributed by atoms with van der Waals surface area (Å²) in [6, 6.07) is 8.87. The molecule has 156 valence electrons. The molecule has 30 heavy (non-hydrogen) atoms. The van der Waals surface area contributed by atoms with E-state index in [4.69, 9.17) is 0 Å². The number of hydrogen-bond acceptors (Lipinski definition) is 4. The molecule has 1 aliphatic heterocycles. The third-order valence-corrected chi connectivity index (χ3v) is 5.49. The number of fused-ring (bicyclic) bond motifs is 1. The standard InChI is InChI=1S/C22H23FN4O3/c23-17-9-7-16(8-10-17)14-27-21(29)20-18(6-5-11-24-20)26(22(27)30)15-19(28)25-12-3-1-2-4-13-25/h5-11H,1-4,12-15H2. The molecular formula is C22H23FN4O3. The number of nitrogens with zero attached hydrogens (tertiary/aromatic N) is 4. The number of aromatic nitrogens is 3. The van der Waals surface area contributed by atoms with Gasteiger partial charge in [-0.05, 0) is 42.7 Å². The molecule has 0 aliphatic carbocycles. The van der Waals surface area contributed by atoms with Gasteiger partial charge in [0.1, 0.15) is 12.4 Å². The van der Waals surface area contributed by atoms with Gasteiger partial charge >= 0.3 is 5.69 Å². The Morgan fingerprint density at radius 3 is 2.37 bits per heavy atom. The third kappa shape index (κ3) is 4.03. The van der Waals surface area contributed by atoms with Gasteiger partial charge in [-0.1, -0.05) is 25.0 Å². The van der Waals surface area contributed by atoms with Gasteiger partial charge in [-0.3, -0.25) is 18.7 Å². The number of pyridine rings is 1. The Hall–Kier alpha value is -3.29. The summed E-state index contributed by atoms with van der Waals surface area (Å²) in [5.41, 5.74) is -0.0309. The molecule has 0 N–H and O–H groups in total. The molecule has 0 spiro atoms. The van der Waals surface area contributed by atoms with E-state index < -0.39 is 17.1 Å². The molecule has 1 aromatic carbocycles. The molecule has 7 nitrogen and oxygen atoms in total. The molecule has 1 saturated heterocycles. The van der Waals surface area contributed by atoms with E-state index in [9.17, 15) is 18.8 Å². The summed E-state index contributed by atoms with van der Waals surface area (Å²) >= 11 is 0. The molecule has 1 fully saturated rings. The van der Waals surface area contributed by atoms with Crippen LogP contribution in [0.1, 0.15) is 31.2 Å². The molecule has 0 atom stereocenters. The van der Waals surface area contributed by atoms with Crippen molar-refractivity contribution in [2.24, 2.45) is 0 Å². The fourth-order valence-electron chi connectivity index (χ4n) is 3.86. The van der Waals surface area contributed by atoms with Crippen molar-refractivity contribution in [3.05, 3.63) is 74.8 Å². The van der Waals surface area contributed by atoms with Gasteiger partial charge in [-0.15, -0.1) is 0 Å². The van der Waals surface area contributed by atoms with Crippen molar-refractivity contribution in [1.82, 2.24) is 19.0 Å². The lowest BCUT2D eigenvalue weighted by Gasteiger charge is -2.21. The summed E-state index contributed by atoms with van der Waals surface area (Å²) < 4.78 is 15.6. The van der Waals surface area contributed by atoms with E-state index in [0.29, 0.717) is 24.2 Å². The van der Waals surface area contributed by atoms with Gasteiger partial charge in [0.25, 0.3) is 5.56 Å². The lowest BCUT2D eigenvalue weighted by Crippen LogP contribution is -2.44. The number of benzene rings is 1. The molecule has 3 heterocycles. The molecule has 8 heteroatoms. The maximum Gasteiger partial charge on any atom is 0.332 e. The normalized spacial score (nSPS) is 14.6. The van der Waals surface area contributed by atoms with Crippen molar-refractivity contribution >= 4 is 16.9 Å². The number of rotatable bonds is 4. The van der Waals surface area contributed by atoms with Crippen LogP contribution < -0.4 is 11.2 Å². The highest BCUT2D eigenvalue weighted by Gasteiger charge is 2.20. The monoisotopic (exact) mass is 410 g/mol. The summed E-state index contributed by atoms with van der Waals surface area (Å²) in [4.78, 5) is 45.0. The van der Waals surface area contributed by atoms with Gasteiger partial charge in [0, 0.05) is 19.3 Å². The second-order valence-electron chi connectivity index (χ2n) is 7.55. The highest BCUT2D eigenvalue weighted by atomic mass is 19.1. The average molecular weight is 410 g/mol. The minimum atomic E-state index is -0.576. The van der Waals surface area contributed by atoms with Gasteiger partial charge in [-0.2, -0.15) is 0 Å². The third-order valence-electron chi connectivity index (χ3n) is 5.49. The van der Waals surface area contributed by atoms with E-state index >= 15 is 0 Å². The number of likely N-dealkylation sites (tertiary alicyclic amines) is 1. The number of carbonyl (C=O) groups is 1. The van der Waals surface area contributed by atoms with Crippen LogP contribution in [0, 0.1) is 5.82 Å². The minimum absolute atomic E-state index is 0.0254. The summed E-state index contributed by atoms with van der Waals surface area (Å²) in [5.74, 6) is -0.539. The van der Waals surface area contributed by atoms with E-state index in [1.165, 1.54) is 35.0 Å². The fourth-order valence-corrected chi connectivity index (χ4v) is 3.86. The largest absolute Gasteiger partial charge is 0.341 e. The Balaban J connectivity index is 1.76. The van der Waals surface area contributed by atoms with E-state index in [2.05, 4.69) is 4.98 Å². The second kappa shape index (κ2) is 8.61. The highest BCUT2D eigenvalue weighted by molar-refractivity contribution is 5.79. The number of halogens is 1. The van der Waals surface area contributed by atoms with Crippen LogP contribution in [0.5, 0.6) is 0 Å². The van der Waals surface area contributed by atoms with Gasteiger partial charge in [0.05, 0.1) is 12.1 Å². The van der Waals surface area contributed by atoms with Crippen molar-refractivity contribution in [1.29, 1.82) is 0 Å². The second-order valence-corrected chi connectivity index (χ2v) is 7.55. The molecular weight excluding hydrogens is 387 g/mol. The molecule has 0 saturated carbocycles. The van der Waals surface area contributed by atoms with Crippen LogP contribution in [0.2, 0.25) is 0 Å². The Morgan fingerprint density at radius 1 is 0.967 bits per heavy atom. The quantitative estimate of drug-likeness (QED) is 0.660. The van der Waals surface area contributed by atoms with Crippen LogP contribution in [-0.4, -0.2) is 38.0 Å². The van der Waals surface area contributed by atoms with E-state index in [1.54, 1.807) is 17.0 Å². The predicted molar refractivity (Wildman–Crippen MR) is 111 cm³/mol. The molecule has 1 amide bonds. The summed E-state index contributed by atoms with van der Waals surface area (Å²) in [6.45, 7) is 1.19. The van der Waals surface area contributed by atoms with Gasteiger partial charge in [-0.25, -0.2) is 14.2 Å². The van der Waals surface area contributed by atoms with Crippen LogP contribution in [0.4, 0.5) is 4.39 Å². The predicted octanol–water partition coefficient (Wildman–Crippen LogP) is 2.15. The SMILES string of the molecule is O=C(Cn1c(=O)n(Cc2ccc(F)cc2)c(=O)c2ncccc21)N1CCCCCC1. The Morgan fingerprint density at radius 2 is 1.67 bits per heavy atom. The Labute approximate surface area is 172 Å². The summed E-state index contributed by atoms with van der Waals surface area (Å²) in [7, 11) is 0. The first kappa shape index (κ1) is 20.0. The first-order chi connectivity index (χ1) is 14.5. The van der Waals surface area contributed by atoms with Crippen molar-refractivity contribution in [3.63, 3.8) is 0 Å². The van der Waals surface area contributed by atoms with Crippen LogP contribution in [0.3, 0.4) is 0 Å². The maximum atomic E-state index is 13.2. The fraction of sp³-hybridized carbons (Fsp3) is 0.364. The van der Waals surface area contributed by atoms with Gasteiger partial charge < -0.3 is 4.90 Å². The maximum absolute atomic E-state index is 13.2. The van der Waals surface area contributed by atoms with Crippen molar-refractivity contribution < 1.29 is 9.18 Å². The molecule has 0 bridgehead atoms. The van der Waals surface area contributed by atoms with Crippen LogP contribution in [0.15, 0.2) is 52.2 Å². The highest BCUT2D eigenvalue weighted by Crippen LogP contribution is 2.12. The minimum Gasteiger partial charge on any atom is -0.341 e. The summed E-state index contributed by atoms with van der Waals surface area (Å²) in [5, 5.41) is 0. The van der Waals surface area contributed by atoms with Gasteiger partial charge in [0.15, 0.2) is 5.52 Å². The summed E-state index contributed by atoms with van der Waals surface area (Å²) in [6.07, 6.45) is 5.58. The van der Waals surface area contributed by atoms with Crippen LogP contribution in [-0.2, 0) is 17.9 Å². The number of amides is 1. The van der Waals surface area contributed by atoms with Crippen molar-refractivity contribution in [2.75, 3.05) is 13.1 Å². The zero-order chi connectivity index (χ0) is 21.1. The first-order valence-corrected chi connectivity index (χ1v) is 10.1. The average Bonchev–Trinajstić information content (AvgIpc) is 3.05. The van der Waals surface area contributed by atoms with E-state index in [1.807, 2.05) is 0 Å². The number of carbonyl (C=O) groups excluding carboxylic acids is 1. The lowest BCUT2D eigenvalue weighted by atomic mass is 10.2. The number of hydrogen-bond donors (Lipinski definition) is 0. The Bertz CT molecular complexity index is 1180. The topological polar surface area (TPSA) is 77.2 Å². The van der Waals surface area contributed by atoms with Crippen LogP contribution >= 0.6 is 0 Å². The smallest absolute Gasteiger partial charge is 0.332 e. The van der Waals surface area contributed by atoms with Crippen molar-refractivity contribution in [3.8, 4) is 0 Å². The van der Waals surface area contributed by atoms with Crippen molar-refractivity contribution in [2.45, 2.75) is 38.8 Å². The molecule has 4 rings (SSSR count). The molecule has 2 aromatic heterocycles. The zero-order valence-corrected chi connectivity index (χ0v) is 16.6. The molecule has 0 unspecified atom stereocenters. The zero-order valence-electron chi connectivity index (χ0n) is 16.6. The lowest BCUT2D eigenvalue weighted by molar-refractivity contribution is -0.131. The van der Waals surface area contributed by atoms with Crippen LogP contribution in [0.25, 0.3) is 11.0 Å². The molecule has 1 aliphatic rings. The van der Waals surface area contributed by atoms with E-state index in [0.717, 1.165) is 30.3 Å². The Kier molecular flexibility index (Phi) is 5.74. The molecule has 3 aromatic rings. The van der Waals surface area contributed by atoms with E-state index in [-0.39, 0.29) is 24.5 Å². The first-order valence-electron chi connectivity index (χ1n) is 10.1. The van der Waals surface area contributed by atoms with Gasteiger partial charge in [0.2, 0.25) is 5.91 Å².